The fourth-order valence-corrected chi connectivity index (χ4v) is 6.40. The van der Waals surface area contributed by atoms with E-state index >= 15 is 0 Å². The summed E-state index contributed by atoms with van der Waals surface area (Å²) in [6.45, 7) is 1.93. The summed E-state index contributed by atoms with van der Waals surface area (Å²) in [6.07, 6.45) is 2.90. The molecule has 2 aromatic heterocycles. The quantitative estimate of drug-likeness (QED) is 0.403. The number of anilines is 1. The predicted molar refractivity (Wildman–Crippen MR) is 136 cm³/mol. The van der Waals surface area contributed by atoms with Crippen molar-refractivity contribution in [2.75, 3.05) is 32.6 Å². The molecule has 1 N–H and O–H groups in total. The molecule has 0 atom stereocenters. The van der Waals surface area contributed by atoms with Crippen molar-refractivity contribution in [1.82, 2.24) is 19.5 Å². The number of halogens is 1. The van der Waals surface area contributed by atoms with Crippen LogP contribution in [0.2, 0.25) is 0 Å². The van der Waals surface area contributed by atoms with Crippen LogP contribution in [0.15, 0.2) is 65.8 Å². The van der Waals surface area contributed by atoms with Gasteiger partial charge in [-0.3, -0.25) is 4.40 Å². The highest BCUT2D eigenvalue weighted by molar-refractivity contribution is 7.92. The van der Waals surface area contributed by atoms with E-state index in [-0.39, 0.29) is 11.1 Å². The van der Waals surface area contributed by atoms with Gasteiger partial charge in [-0.2, -0.15) is 0 Å². The third kappa shape index (κ3) is 4.66. The summed E-state index contributed by atoms with van der Waals surface area (Å²) in [7, 11) is 0.193. The minimum atomic E-state index is -3.37. The molecule has 1 saturated heterocycles. The van der Waals surface area contributed by atoms with Crippen molar-refractivity contribution in [3.63, 3.8) is 0 Å². The Bertz CT molecular complexity index is 1480. The van der Waals surface area contributed by atoms with E-state index in [4.69, 9.17) is 4.74 Å². The summed E-state index contributed by atoms with van der Waals surface area (Å²) in [6, 6.07) is 15.2. The van der Waals surface area contributed by atoms with Crippen LogP contribution in [0.1, 0.15) is 18.4 Å². The Hall–Kier alpha value is -3.50. The molecule has 0 radical (unpaired) electrons. The van der Waals surface area contributed by atoms with Crippen LogP contribution in [0.4, 0.5) is 10.2 Å². The molecule has 8 nitrogen and oxygen atoms in total. The van der Waals surface area contributed by atoms with Gasteiger partial charge < -0.3 is 15.0 Å². The lowest BCUT2D eigenvalue weighted by molar-refractivity contribution is 0.277. The zero-order valence-corrected chi connectivity index (χ0v) is 21.0. The van der Waals surface area contributed by atoms with Crippen LogP contribution in [0.25, 0.3) is 16.8 Å². The molecule has 2 aromatic carbocycles. The van der Waals surface area contributed by atoms with Crippen molar-refractivity contribution in [2.24, 2.45) is 0 Å². The molecule has 188 valence electrons. The fraction of sp³-hybridized carbons (Fsp3) is 0.308. The number of sulfone groups is 1. The number of fused-ring (bicyclic) bond motifs is 1. The number of ether oxygens (including phenoxy) is 1. The summed E-state index contributed by atoms with van der Waals surface area (Å²) in [5, 5.41) is 11.3. The third-order valence-electron chi connectivity index (χ3n) is 6.76. The predicted octanol–water partition coefficient (Wildman–Crippen LogP) is 4.02. The Kier molecular flexibility index (Phi) is 6.63. The molecular formula is C26H28FN5O3S. The van der Waals surface area contributed by atoms with Gasteiger partial charge in [-0.1, -0.05) is 12.1 Å². The van der Waals surface area contributed by atoms with E-state index < -0.39 is 9.84 Å². The first kappa shape index (κ1) is 24.2. The number of nitrogens with zero attached hydrogens (tertiary/aromatic N) is 4. The molecule has 0 aliphatic carbocycles. The monoisotopic (exact) mass is 509 g/mol. The summed E-state index contributed by atoms with van der Waals surface area (Å²) in [4.78, 5) is 2.51. The molecule has 0 amide bonds. The van der Waals surface area contributed by atoms with Gasteiger partial charge >= 0.3 is 0 Å². The lowest BCUT2D eigenvalue weighted by atomic mass is 10.1. The Morgan fingerprint density at radius 1 is 1.08 bits per heavy atom. The standard InChI is InChI=1S/C26H28FN5O3S/c1-31-13-11-22(12-14-31)36(33,34)21-6-3-18(4-7-21)23-8-10-25(32-17-29-30-26(23)32)28-16-19-15-20(27)5-9-24(19)35-2/h3-10,15,17,22,28H,11-14,16H2,1-2H3. The molecule has 3 heterocycles. The number of piperidine rings is 1. The van der Waals surface area contributed by atoms with Crippen LogP contribution < -0.4 is 10.1 Å². The fourth-order valence-electron chi connectivity index (χ4n) is 4.66. The molecule has 36 heavy (non-hydrogen) atoms. The van der Waals surface area contributed by atoms with Gasteiger partial charge in [0.15, 0.2) is 15.5 Å². The van der Waals surface area contributed by atoms with Crippen LogP contribution >= 0.6 is 0 Å². The van der Waals surface area contributed by atoms with Crippen LogP contribution in [0, 0.1) is 5.82 Å². The SMILES string of the molecule is COc1ccc(F)cc1CNc1ccc(-c2ccc(S(=O)(=O)C3CCN(C)CC3)cc2)c2nncn12. The van der Waals surface area contributed by atoms with Gasteiger partial charge in [0.05, 0.1) is 17.3 Å². The number of likely N-dealkylation sites (tertiary alicyclic amines) is 1. The summed E-state index contributed by atoms with van der Waals surface area (Å²) in [5.41, 5.74) is 2.97. The first-order valence-corrected chi connectivity index (χ1v) is 13.3. The van der Waals surface area contributed by atoms with E-state index in [1.807, 2.05) is 35.7 Å². The molecule has 5 rings (SSSR count). The van der Waals surface area contributed by atoms with Crippen LogP contribution in [-0.2, 0) is 16.4 Å². The Morgan fingerprint density at radius 2 is 1.83 bits per heavy atom. The zero-order valence-electron chi connectivity index (χ0n) is 20.2. The van der Waals surface area contributed by atoms with E-state index in [2.05, 4.69) is 20.4 Å². The largest absolute Gasteiger partial charge is 0.496 e. The van der Waals surface area contributed by atoms with Crippen LogP contribution in [0.3, 0.4) is 0 Å². The van der Waals surface area contributed by atoms with Crippen molar-refractivity contribution in [3.05, 3.63) is 72.3 Å². The molecule has 10 heteroatoms. The zero-order chi connectivity index (χ0) is 25.3. The minimum Gasteiger partial charge on any atom is -0.496 e. The highest BCUT2D eigenvalue weighted by Crippen LogP contribution is 2.30. The Morgan fingerprint density at radius 3 is 2.56 bits per heavy atom. The lowest BCUT2D eigenvalue weighted by Gasteiger charge is -2.28. The number of nitrogens with one attached hydrogen (secondary N) is 1. The maximum atomic E-state index is 13.7. The van der Waals surface area contributed by atoms with Gasteiger partial charge in [0.2, 0.25) is 0 Å². The molecule has 0 bridgehead atoms. The Balaban J connectivity index is 1.39. The van der Waals surface area contributed by atoms with Crippen molar-refractivity contribution in [3.8, 4) is 16.9 Å². The minimum absolute atomic E-state index is 0.335. The highest BCUT2D eigenvalue weighted by Gasteiger charge is 2.30. The molecule has 0 unspecified atom stereocenters. The van der Waals surface area contributed by atoms with Crippen LogP contribution in [-0.4, -0.2) is 60.4 Å². The second-order valence-corrected chi connectivity index (χ2v) is 11.3. The van der Waals surface area contributed by atoms with Crippen molar-refractivity contribution in [1.29, 1.82) is 0 Å². The van der Waals surface area contributed by atoms with Gasteiger partial charge in [-0.15, -0.1) is 10.2 Å². The normalized spacial score (nSPS) is 15.3. The average Bonchev–Trinajstić information content (AvgIpc) is 3.38. The summed E-state index contributed by atoms with van der Waals surface area (Å²) >= 11 is 0. The van der Waals surface area contributed by atoms with E-state index in [1.165, 1.54) is 12.1 Å². The number of methoxy groups -OCH3 is 1. The van der Waals surface area contributed by atoms with Gasteiger partial charge in [0, 0.05) is 17.7 Å². The second-order valence-electron chi connectivity index (χ2n) is 9.04. The molecule has 1 aliphatic heterocycles. The van der Waals surface area contributed by atoms with Crippen molar-refractivity contribution < 1.29 is 17.5 Å². The third-order valence-corrected chi connectivity index (χ3v) is 9.04. The number of pyridine rings is 1. The smallest absolute Gasteiger partial charge is 0.181 e. The topological polar surface area (TPSA) is 88.8 Å². The van der Waals surface area contributed by atoms with Gasteiger partial charge in [0.25, 0.3) is 0 Å². The van der Waals surface area contributed by atoms with E-state index in [0.717, 1.165) is 30.0 Å². The molecular weight excluding hydrogens is 481 g/mol. The van der Waals surface area contributed by atoms with Crippen molar-refractivity contribution in [2.45, 2.75) is 29.5 Å². The van der Waals surface area contributed by atoms with Crippen LogP contribution in [0.5, 0.6) is 5.75 Å². The number of aromatic nitrogens is 3. The maximum absolute atomic E-state index is 13.7. The number of hydrogen-bond acceptors (Lipinski definition) is 7. The second kappa shape index (κ2) is 9.87. The van der Waals surface area contributed by atoms with Crippen molar-refractivity contribution >= 4 is 21.3 Å². The van der Waals surface area contributed by atoms with Gasteiger partial charge in [-0.25, -0.2) is 12.8 Å². The Labute approximate surface area is 209 Å². The number of hydrogen-bond donors (Lipinski definition) is 1. The van der Waals surface area contributed by atoms with E-state index in [0.29, 0.717) is 41.2 Å². The molecule has 1 fully saturated rings. The first-order valence-electron chi connectivity index (χ1n) is 11.8. The van der Waals surface area contributed by atoms with E-state index in [9.17, 15) is 12.8 Å². The number of benzene rings is 2. The van der Waals surface area contributed by atoms with Gasteiger partial charge in [0.1, 0.15) is 23.7 Å². The summed E-state index contributed by atoms with van der Waals surface area (Å²) < 4.78 is 47.1. The van der Waals surface area contributed by atoms with Gasteiger partial charge in [-0.05, 0) is 81.0 Å². The first-order chi connectivity index (χ1) is 17.4. The molecule has 1 aliphatic rings. The molecule has 0 saturated carbocycles. The number of rotatable bonds is 7. The lowest BCUT2D eigenvalue weighted by Crippen LogP contribution is -2.37. The highest BCUT2D eigenvalue weighted by atomic mass is 32.2. The molecule has 4 aromatic rings. The maximum Gasteiger partial charge on any atom is 0.181 e. The molecule has 0 spiro atoms. The average molecular weight is 510 g/mol. The summed E-state index contributed by atoms with van der Waals surface area (Å²) in [5.74, 6) is 0.987. The van der Waals surface area contributed by atoms with E-state index in [1.54, 1.807) is 31.6 Å².